The molecule has 2 heterocycles. The molecular weight excluding hydrogens is 310 g/mol. The Balaban J connectivity index is 1.98. The Labute approximate surface area is 146 Å². The van der Waals surface area contributed by atoms with Crippen molar-refractivity contribution in [3.05, 3.63) is 77.4 Å². The smallest absolute Gasteiger partial charge is 0.141 e. The van der Waals surface area contributed by atoms with Crippen LogP contribution >= 0.6 is 0 Å². The van der Waals surface area contributed by atoms with Gasteiger partial charge in [0.15, 0.2) is 0 Å². The number of nitrogens with one attached hydrogen (secondary N) is 1. The molecular formula is C21H19N3O. The van der Waals surface area contributed by atoms with E-state index >= 15 is 0 Å². The van der Waals surface area contributed by atoms with Crippen molar-refractivity contribution < 1.29 is 4.52 Å². The second kappa shape index (κ2) is 5.74. The summed E-state index contributed by atoms with van der Waals surface area (Å²) in [6.07, 6.45) is 0. The number of hydrogen-bond acceptors (Lipinski definition) is 3. The van der Waals surface area contributed by atoms with Crippen LogP contribution in [0.15, 0.2) is 53.6 Å². The van der Waals surface area contributed by atoms with E-state index in [1.807, 2.05) is 39.0 Å². The van der Waals surface area contributed by atoms with E-state index in [9.17, 15) is 0 Å². The summed E-state index contributed by atoms with van der Waals surface area (Å²) in [5, 5.41) is 4.09. The number of H-pyrrole nitrogens is 1. The molecule has 4 rings (SSSR count). The van der Waals surface area contributed by atoms with Crippen LogP contribution in [0.4, 0.5) is 0 Å². The fraction of sp³-hybridized carbons (Fsp3) is 0.143. The third kappa shape index (κ3) is 2.56. The van der Waals surface area contributed by atoms with Crippen molar-refractivity contribution in [2.45, 2.75) is 20.8 Å². The van der Waals surface area contributed by atoms with Crippen LogP contribution in [-0.4, -0.2) is 15.1 Å². The average molecular weight is 329 g/mol. The Hall–Kier alpha value is -3.14. The van der Waals surface area contributed by atoms with Crippen molar-refractivity contribution in [3.63, 3.8) is 0 Å². The standard InChI is InChI=1S/C21H19N3O/c1-12(16-8-6-5-7-9-16)18-10-17(20-13(2)24-25-14(20)3)11-19-21(18)23-15(4)22-19/h5-11H,1H2,2-4H3,(H,22,23). The lowest BCUT2D eigenvalue weighted by Gasteiger charge is -2.10. The topological polar surface area (TPSA) is 54.7 Å². The quantitative estimate of drug-likeness (QED) is 0.562. The number of fused-ring (bicyclic) bond motifs is 1. The first kappa shape index (κ1) is 15.4. The van der Waals surface area contributed by atoms with Gasteiger partial charge in [0.2, 0.25) is 0 Å². The van der Waals surface area contributed by atoms with Crippen molar-refractivity contribution in [1.29, 1.82) is 0 Å². The highest BCUT2D eigenvalue weighted by molar-refractivity contribution is 5.97. The summed E-state index contributed by atoms with van der Waals surface area (Å²) in [6.45, 7) is 10.2. The maximum atomic E-state index is 5.35. The zero-order chi connectivity index (χ0) is 17.6. The summed E-state index contributed by atoms with van der Waals surface area (Å²) < 4.78 is 5.35. The molecule has 0 atom stereocenters. The zero-order valence-corrected chi connectivity index (χ0v) is 14.6. The Kier molecular flexibility index (Phi) is 3.53. The predicted octanol–water partition coefficient (Wildman–Crippen LogP) is 5.20. The van der Waals surface area contributed by atoms with Gasteiger partial charge < -0.3 is 9.51 Å². The van der Waals surface area contributed by atoms with Crippen molar-refractivity contribution >= 4 is 16.6 Å². The van der Waals surface area contributed by atoms with E-state index in [-0.39, 0.29) is 0 Å². The predicted molar refractivity (Wildman–Crippen MR) is 100 cm³/mol. The highest BCUT2D eigenvalue weighted by Gasteiger charge is 2.17. The van der Waals surface area contributed by atoms with E-state index in [2.05, 4.69) is 46.0 Å². The Morgan fingerprint density at radius 1 is 1.08 bits per heavy atom. The number of rotatable bonds is 3. The first-order valence-corrected chi connectivity index (χ1v) is 8.23. The second-order valence-corrected chi connectivity index (χ2v) is 6.29. The van der Waals surface area contributed by atoms with Gasteiger partial charge in [-0.15, -0.1) is 0 Å². The Bertz CT molecular complexity index is 1070. The lowest BCUT2D eigenvalue weighted by Crippen LogP contribution is -1.91. The van der Waals surface area contributed by atoms with Gasteiger partial charge in [0, 0.05) is 11.1 Å². The molecule has 0 radical (unpaired) electrons. The molecule has 0 unspecified atom stereocenters. The van der Waals surface area contributed by atoms with E-state index in [4.69, 9.17) is 4.52 Å². The molecule has 4 aromatic rings. The molecule has 124 valence electrons. The molecule has 0 aliphatic rings. The molecule has 1 N–H and O–H groups in total. The lowest BCUT2D eigenvalue weighted by molar-refractivity contribution is 0.393. The summed E-state index contributed by atoms with van der Waals surface area (Å²) in [5.74, 6) is 1.69. The van der Waals surface area contributed by atoms with Gasteiger partial charge in [0.1, 0.15) is 11.6 Å². The first-order valence-electron chi connectivity index (χ1n) is 8.23. The summed E-state index contributed by atoms with van der Waals surface area (Å²) in [5.41, 5.74) is 7.93. The van der Waals surface area contributed by atoms with Gasteiger partial charge in [-0.05, 0) is 49.6 Å². The van der Waals surface area contributed by atoms with E-state index in [1.165, 1.54) is 0 Å². The number of nitrogens with zero attached hydrogens (tertiary/aromatic N) is 2. The zero-order valence-electron chi connectivity index (χ0n) is 14.6. The van der Waals surface area contributed by atoms with Crippen LogP contribution in [0.3, 0.4) is 0 Å². The Morgan fingerprint density at radius 2 is 1.84 bits per heavy atom. The fourth-order valence-corrected chi connectivity index (χ4v) is 3.31. The molecule has 2 aromatic heterocycles. The maximum absolute atomic E-state index is 5.35. The van der Waals surface area contributed by atoms with Crippen LogP contribution in [0.1, 0.15) is 28.4 Å². The van der Waals surface area contributed by atoms with Crippen molar-refractivity contribution in [1.82, 2.24) is 15.1 Å². The maximum Gasteiger partial charge on any atom is 0.141 e. The van der Waals surface area contributed by atoms with Crippen LogP contribution < -0.4 is 0 Å². The molecule has 2 aromatic carbocycles. The molecule has 25 heavy (non-hydrogen) atoms. The van der Waals surface area contributed by atoms with Gasteiger partial charge in [-0.1, -0.05) is 42.1 Å². The minimum absolute atomic E-state index is 0.810. The molecule has 0 bridgehead atoms. The van der Waals surface area contributed by atoms with Crippen LogP contribution in [0.5, 0.6) is 0 Å². The van der Waals surface area contributed by atoms with Crippen LogP contribution in [-0.2, 0) is 0 Å². The fourth-order valence-electron chi connectivity index (χ4n) is 3.31. The van der Waals surface area contributed by atoms with Gasteiger partial charge in [0.25, 0.3) is 0 Å². The van der Waals surface area contributed by atoms with E-state index in [0.29, 0.717) is 0 Å². The number of hydrogen-bond donors (Lipinski definition) is 1. The largest absolute Gasteiger partial charge is 0.361 e. The monoisotopic (exact) mass is 329 g/mol. The van der Waals surface area contributed by atoms with E-state index in [0.717, 1.165) is 56.1 Å². The van der Waals surface area contributed by atoms with Gasteiger partial charge in [0.05, 0.1) is 16.7 Å². The molecule has 0 aliphatic heterocycles. The number of benzene rings is 2. The van der Waals surface area contributed by atoms with Crippen molar-refractivity contribution in [2.24, 2.45) is 0 Å². The van der Waals surface area contributed by atoms with Crippen LogP contribution in [0.2, 0.25) is 0 Å². The first-order chi connectivity index (χ1) is 12.0. The Morgan fingerprint density at radius 3 is 2.52 bits per heavy atom. The molecule has 4 nitrogen and oxygen atoms in total. The highest BCUT2D eigenvalue weighted by atomic mass is 16.5. The SMILES string of the molecule is C=C(c1ccccc1)c1cc(-c2c(C)noc2C)cc2[nH]c(C)nc12. The molecule has 0 saturated carbocycles. The highest BCUT2D eigenvalue weighted by Crippen LogP contribution is 2.35. The minimum atomic E-state index is 0.810. The average Bonchev–Trinajstić information content (AvgIpc) is 3.15. The van der Waals surface area contributed by atoms with Gasteiger partial charge >= 0.3 is 0 Å². The van der Waals surface area contributed by atoms with Crippen molar-refractivity contribution in [2.75, 3.05) is 0 Å². The van der Waals surface area contributed by atoms with Crippen LogP contribution in [0.25, 0.3) is 27.7 Å². The minimum Gasteiger partial charge on any atom is -0.361 e. The third-order valence-electron chi connectivity index (χ3n) is 4.47. The second-order valence-electron chi connectivity index (χ2n) is 6.29. The van der Waals surface area contributed by atoms with E-state index < -0.39 is 0 Å². The van der Waals surface area contributed by atoms with E-state index in [1.54, 1.807) is 0 Å². The number of aryl methyl sites for hydroxylation is 3. The summed E-state index contributed by atoms with van der Waals surface area (Å²) >= 11 is 0. The van der Waals surface area contributed by atoms with Gasteiger partial charge in [-0.25, -0.2) is 4.98 Å². The third-order valence-corrected chi connectivity index (χ3v) is 4.47. The lowest BCUT2D eigenvalue weighted by atomic mass is 9.94. The normalized spacial score (nSPS) is 11.2. The number of aromatic nitrogens is 3. The molecule has 4 heteroatoms. The molecule has 0 fully saturated rings. The van der Waals surface area contributed by atoms with Gasteiger partial charge in [-0.2, -0.15) is 0 Å². The van der Waals surface area contributed by atoms with Crippen LogP contribution in [0, 0.1) is 20.8 Å². The summed E-state index contributed by atoms with van der Waals surface area (Å²) in [4.78, 5) is 8.01. The van der Waals surface area contributed by atoms with Crippen molar-refractivity contribution in [3.8, 4) is 11.1 Å². The molecule has 0 amide bonds. The molecule has 0 saturated heterocycles. The van der Waals surface area contributed by atoms with Gasteiger partial charge in [-0.3, -0.25) is 0 Å². The summed E-state index contributed by atoms with van der Waals surface area (Å²) in [7, 11) is 0. The molecule has 0 aliphatic carbocycles. The summed E-state index contributed by atoms with van der Waals surface area (Å²) in [6, 6.07) is 14.4. The molecule has 0 spiro atoms. The number of aromatic amines is 1. The number of imidazole rings is 1.